The molecule has 1 fully saturated rings. The molecule has 0 N–H and O–H groups in total. The molecule has 1 amide bonds. The summed E-state index contributed by atoms with van der Waals surface area (Å²) in [4.78, 5) is 24.2. The number of carbonyl (C=O) groups is 2. The zero-order valence-electron chi connectivity index (χ0n) is 8.06. The Kier molecular flexibility index (Phi) is 4.00. The molecule has 0 spiro atoms. The maximum absolute atomic E-state index is 11.4. The van der Waals surface area contributed by atoms with Gasteiger partial charge in [0.1, 0.15) is 6.04 Å². The molecule has 0 unspecified atom stereocenters. The van der Waals surface area contributed by atoms with Crippen LogP contribution in [-0.4, -0.2) is 41.1 Å². The van der Waals surface area contributed by atoms with E-state index in [0.717, 1.165) is 11.8 Å². The first-order chi connectivity index (χ1) is 6.70. The van der Waals surface area contributed by atoms with Crippen LogP contribution in [0.3, 0.4) is 0 Å². The molecule has 5 heteroatoms. The van der Waals surface area contributed by atoms with Crippen LogP contribution in [0.4, 0.5) is 4.79 Å². The van der Waals surface area contributed by atoms with Gasteiger partial charge in [-0.2, -0.15) is 0 Å². The fourth-order valence-electron chi connectivity index (χ4n) is 1.22. The Morgan fingerprint density at radius 3 is 3.14 bits per heavy atom. The van der Waals surface area contributed by atoms with Crippen molar-refractivity contribution in [3.63, 3.8) is 0 Å². The summed E-state index contributed by atoms with van der Waals surface area (Å²) >= 11 is 1.15. The monoisotopic (exact) mass is 215 g/mol. The van der Waals surface area contributed by atoms with Crippen LogP contribution in [0.5, 0.6) is 0 Å². The van der Waals surface area contributed by atoms with E-state index in [2.05, 4.69) is 6.58 Å². The highest BCUT2D eigenvalue weighted by Gasteiger charge is 2.36. The van der Waals surface area contributed by atoms with Crippen LogP contribution in [0.15, 0.2) is 12.7 Å². The van der Waals surface area contributed by atoms with Gasteiger partial charge in [0.05, 0.1) is 6.61 Å². The number of ether oxygens (including phenoxy) is 1. The second-order valence-electron chi connectivity index (χ2n) is 2.79. The second-order valence-corrected chi connectivity index (χ2v) is 3.76. The van der Waals surface area contributed by atoms with Crippen LogP contribution < -0.4 is 0 Å². The lowest BCUT2D eigenvalue weighted by Crippen LogP contribution is -2.40. The van der Waals surface area contributed by atoms with Gasteiger partial charge in [-0.1, -0.05) is 17.8 Å². The van der Waals surface area contributed by atoms with E-state index in [1.807, 2.05) is 0 Å². The molecule has 0 radical (unpaired) electrons. The van der Waals surface area contributed by atoms with Gasteiger partial charge in [-0.05, 0) is 6.92 Å². The number of carbonyl (C=O) groups excluding carboxylic acids is 2. The van der Waals surface area contributed by atoms with Gasteiger partial charge in [0.25, 0.3) is 5.24 Å². The quantitative estimate of drug-likeness (QED) is 0.523. The number of esters is 1. The highest BCUT2D eigenvalue weighted by molar-refractivity contribution is 8.13. The molecule has 4 nitrogen and oxygen atoms in total. The van der Waals surface area contributed by atoms with Gasteiger partial charge >= 0.3 is 5.97 Å². The van der Waals surface area contributed by atoms with E-state index in [1.165, 1.54) is 4.90 Å². The first kappa shape index (κ1) is 11.1. The summed E-state index contributed by atoms with van der Waals surface area (Å²) in [6, 6.07) is -0.439. The fourth-order valence-corrected chi connectivity index (χ4v) is 2.21. The first-order valence-corrected chi connectivity index (χ1v) is 5.40. The van der Waals surface area contributed by atoms with Gasteiger partial charge in [0, 0.05) is 12.3 Å². The topological polar surface area (TPSA) is 46.6 Å². The third-order valence-corrected chi connectivity index (χ3v) is 2.82. The molecule has 0 aromatic rings. The third-order valence-electron chi connectivity index (χ3n) is 1.86. The fraction of sp³-hybridized carbons (Fsp3) is 0.556. The van der Waals surface area contributed by atoms with Gasteiger partial charge in [0.15, 0.2) is 0 Å². The van der Waals surface area contributed by atoms with Gasteiger partial charge in [-0.15, -0.1) is 6.58 Å². The molecule has 78 valence electrons. The van der Waals surface area contributed by atoms with Gasteiger partial charge in [0.2, 0.25) is 0 Å². The number of rotatable bonds is 4. The lowest BCUT2D eigenvalue weighted by Gasteiger charge is -2.20. The van der Waals surface area contributed by atoms with Crippen LogP contribution in [0.25, 0.3) is 0 Å². The Hall–Kier alpha value is -0.970. The van der Waals surface area contributed by atoms with E-state index in [-0.39, 0.29) is 11.2 Å². The van der Waals surface area contributed by atoms with Crippen molar-refractivity contribution < 1.29 is 14.3 Å². The zero-order valence-corrected chi connectivity index (χ0v) is 8.88. The summed E-state index contributed by atoms with van der Waals surface area (Å²) < 4.78 is 4.87. The predicted molar refractivity (Wildman–Crippen MR) is 55.2 cm³/mol. The van der Waals surface area contributed by atoms with Crippen molar-refractivity contribution in [3.8, 4) is 0 Å². The molecular weight excluding hydrogens is 202 g/mol. The van der Waals surface area contributed by atoms with Gasteiger partial charge in [-0.25, -0.2) is 4.79 Å². The summed E-state index contributed by atoms with van der Waals surface area (Å²) in [5.74, 6) is 0.151. The number of hydrogen-bond acceptors (Lipinski definition) is 4. The van der Waals surface area contributed by atoms with Crippen molar-refractivity contribution in [1.82, 2.24) is 4.90 Å². The summed E-state index contributed by atoms with van der Waals surface area (Å²) in [6.07, 6.45) is 1.61. The third kappa shape index (κ3) is 2.29. The van der Waals surface area contributed by atoms with E-state index < -0.39 is 6.04 Å². The molecule has 0 bridgehead atoms. The number of hydrogen-bond donors (Lipinski definition) is 0. The maximum atomic E-state index is 11.4. The van der Waals surface area contributed by atoms with E-state index in [9.17, 15) is 9.59 Å². The van der Waals surface area contributed by atoms with E-state index in [1.54, 1.807) is 13.0 Å². The number of thioether (sulfide) groups is 1. The molecule has 1 heterocycles. The van der Waals surface area contributed by atoms with Crippen LogP contribution in [0.1, 0.15) is 6.92 Å². The molecule has 14 heavy (non-hydrogen) atoms. The highest BCUT2D eigenvalue weighted by atomic mass is 32.2. The standard InChI is InChI=1S/C9H13NO3S/c1-3-5-10-7(6-14-9(10)12)8(11)13-4-2/h3,7H,1,4-6H2,2H3/t7-/m0/s1. The molecule has 0 aromatic carbocycles. The summed E-state index contributed by atoms with van der Waals surface area (Å²) in [7, 11) is 0. The minimum absolute atomic E-state index is 0.0806. The Morgan fingerprint density at radius 2 is 2.57 bits per heavy atom. The van der Waals surface area contributed by atoms with Crippen LogP contribution in [0, 0.1) is 0 Å². The molecule has 1 aliphatic heterocycles. The summed E-state index contributed by atoms with van der Waals surface area (Å²) in [5.41, 5.74) is 0. The van der Waals surface area contributed by atoms with Crippen LogP contribution in [0.2, 0.25) is 0 Å². The molecule has 0 aliphatic carbocycles. The Balaban J connectivity index is 2.63. The van der Waals surface area contributed by atoms with Crippen LogP contribution in [-0.2, 0) is 9.53 Å². The number of amides is 1. The molecule has 1 rings (SSSR count). The SMILES string of the molecule is C=CCN1C(=O)SC[C@H]1C(=O)OCC. The van der Waals surface area contributed by atoms with E-state index in [4.69, 9.17) is 4.74 Å². The van der Waals surface area contributed by atoms with Crippen molar-refractivity contribution in [2.24, 2.45) is 0 Å². The average molecular weight is 215 g/mol. The van der Waals surface area contributed by atoms with Crippen LogP contribution >= 0.6 is 11.8 Å². The van der Waals surface area contributed by atoms with Crippen molar-refractivity contribution >= 4 is 23.0 Å². The number of nitrogens with zero attached hydrogens (tertiary/aromatic N) is 1. The molecular formula is C9H13NO3S. The predicted octanol–water partition coefficient (Wildman–Crippen LogP) is 1.27. The molecule has 0 saturated carbocycles. The molecule has 1 atom stereocenters. The average Bonchev–Trinajstić information content (AvgIpc) is 2.50. The van der Waals surface area contributed by atoms with E-state index in [0.29, 0.717) is 18.9 Å². The highest BCUT2D eigenvalue weighted by Crippen LogP contribution is 2.24. The normalized spacial score (nSPS) is 21.1. The molecule has 0 aromatic heterocycles. The minimum atomic E-state index is -0.439. The van der Waals surface area contributed by atoms with Gasteiger partial charge < -0.3 is 9.64 Å². The first-order valence-electron chi connectivity index (χ1n) is 4.41. The summed E-state index contributed by atoms with van der Waals surface area (Å²) in [6.45, 7) is 6.03. The molecule has 1 saturated heterocycles. The van der Waals surface area contributed by atoms with Crippen molar-refractivity contribution in [1.29, 1.82) is 0 Å². The van der Waals surface area contributed by atoms with Crippen molar-refractivity contribution in [2.75, 3.05) is 18.9 Å². The Morgan fingerprint density at radius 1 is 1.86 bits per heavy atom. The smallest absolute Gasteiger partial charge is 0.329 e. The van der Waals surface area contributed by atoms with Crippen molar-refractivity contribution in [3.05, 3.63) is 12.7 Å². The van der Waals surface area contributed by atoms with E-state index >= 15 is 0 Å². The lowest BCUT2D eigenvalue weighted by molar-refractivity contribution is -0.147. The maximum Gasteiger partial charge on any atom is 0.329 e. The zero-order chi connectivity index (χ0) is 10.6. The lowest BCUT2D eigenvalue weighted by atomic mass is 10.3. The summed E-state index contributed by atoms with van der Waals surface area (Å²) in [5, 5.41) is -0.0806. The Labute approximate surface area is 87.3 Å². The Bertz CT molecular complexity index is 254. The van der Waals surface area contributed by atoms with Gasteiger partial charge in [-0.3, -0.25) is 4.79 Å². The van der Waals surface area contributed by atoms with Crippen molar-refractivity contribution in [2.45, 2.75) is 13.0 Å². The second kappa shape index (κ2) is 5.05. The molecule has 1 aliphatic rings. The minimum Gasteiger partial charge on any atom is -0.464 e. The largest absolute Gasteiger partial charge is 0.464 e.